The third-order valence-corrected chi connectivity index (χ3v) is 7.14. The second-order valence-electron chi connectivity index (χ2n) is 10.4. The number of nitrogens with one attached hydrogen (secondary N) is 3. The zero-order valence-corrected chi connectivity index (χ0v) is 24.2. The van der Waals surface area contributed by atoms with Crippen LogP contribution < -0.4 is 15.4 Å². The molecular formula is C32H38N6O3. The Morgan fingerprint density at radius 3 is 2.73 bits per heavy atom. The van der Waals surface area contributed by atoms with Crippen LogP contribution >= 0.6 is 0 Å². The monoisotopic (exact) mass is 554 g/mol. The molecule has 2 amide bonds. The highest BCUT2D eigenvalue weighted by Crippen LogP contribution is 2.34. The Labute approximate surface area is 241 Å². The van der Waals surface area contributed by atoms with Gasteiger partial charge < -0.3 is 20.3 Å². The lowest BCUT2D eigenvalue weighted by molar-refractivity contribution is -0.127. The van der Waals surface area contributed by atoms with Gasteiger partial charge in [0, 0.05) is 30.4 Å². The first kappa shape index (κ1) is 29.3. The summed E-state index contributed by atoms with van der Waals surface area (Å²) in [6, 6.07) is 13.0. The number of likely N-dealkylation sites (tertiary alicyclic amines) is 1. The van der Waals surface area contributed by atoms with Gasteiger partial charge in [-0.05, 0) is 92.9 Å². The molecule has 1 aliphatic heterocycles. The van der Waals surface area contributed by atoms with Gasteiger partial charge in [-0.3, -0.25) is 14.7 Å². The van der Waals surface area contributed by atoms with Crippen molar-refractivity contribution >= 4 is 41.6 Å². The molecule has 4 rings (SSSR count). The fourth-order valence-electron chi connectivity index (χ4n) is 5.10. The van der Waals surface area contributed by atoms with E-state index in [9.17, 15) is 9.59 Å². The van der Waals surface area contributed by atoms with Gasteiger partial charge in [-0.15, -0.1) is 0 Å². The van der Waals surface area contributed by atoms with Gasteiger partial charge in [0.15, 0.2) is 5.82 Å². The molecule has 3 N–H and O–H groups in total. The van der Waals surface area contributed by atoms with Crippen molar-refractivity contribution in [3.05, 3.63) is 83.4 Å². The molecule has 214 valence electrons. The molecule has 0 unspecified atom stereocenters. The fraction of sp³-hybridized carbons (Fsp3) is 0.312. The molecule has 0 aliphatic carbocycles. The van der Waals surface area contributed by atoms with Gasteiger partial charge in [0.25, 0.3) is 5.91 Å². The molecule has 2 heterocycles. The maximum atomic E-state index is 13.1. The molecule has 9 nitrogen and oxygen atoms in total. The molecule has 9 heteroatoms. The Bertz CT molecular complexity index is 1470. The van der Waals surface area contributed by atoms with Crippen LogP contribution in [0.25, 0.3) is 5.76 Å². The number of ether oxygens (including phenoxy) is 1. The molecule has 1 aromatic heterocycles. The molecule has 0 radical (unpaired) electrons. The number of hydrogen-bond acceptors (Lipinski definition) is 6. The van der Waals surface area contributed by atoms with Gasteiger partial charge in [0.2, 0.25) is 5.91 Å². The predicted molar refractivity (Wildman–Crippen MR) is 165 cm³/mol. The highest BCUT2D eigenvalue weighted by atomic mass is 16.5. The lowest BCUT2D eigenvalue weighted by atomic mass is 9.97. The first-order valence-corrected chi connectivity index (χ1v) is 13.8. The summed E-state index contributed by atoms with van der Waals surface area (Å²) in [5.41, 5.74) is 4.21. The van der Waals surface area contributed by atoms with Crippen LogP contribution in [0.3, 0.4) is 0 Å². The summed E-state index contributed by atoms with van der Waals surface area (Å²) in [6.07, 6.45) is 4.91. The number of piperidine rings is 1. The minimum Gasteiger partial charge on any atom is -0.457 e. The number of carbonyl (C=O) groups excluding carboxylic acids is 2. The molecule has 41 heavy (non-hydrogen) atoms. The maximum Gasteiger partial charge on any atom is 0.255 e. The molecule has 1 aliphatic rings. The molecule has 0 bridgehead atoms. The summed E-state index contributed by atoms with van der Waals surface area (Å²) < 4.78 is 6.27. The summed E-state index contributed by atoms with van der Waals surface area (Å²) in [7, 11) is 0. The number of allylic oxidation sites excluding steroid dienone is 1. The molecule has 3 aromatic rings. The quantitative estimate of drug-likeness (QED) is 0.151. The van der Waals surface area contributed by atoms with Crippen molar-refractivity contribution in [2.24, 2.45) is 4.99 Å². The van der Waals surface area contributed by atoms with Crippen LogP contribution in [0.5, 0.6) is 5.75 Å². The summed E-state index contributed by atoms with van der Waals surface area (Å²) >= 11 is 0. The van der Waals surface area contributed by atoms with Crippen LogP contribution in [0, 0.1) is 6.92 Å². The van der Waals surface area contributed by atoms with Gasteiger partial charge in [-0.1, -0.05) is 32.6 Å². The van der Waals surface area contributed by atoms with E-state index in [1.165, 1.54) is 11.6 Å². The van der Waals surface area contributed by atoms with Gasteiger partial charge in [0.05, 0.1) is 0 Å². The zero-order chi connectivity index (χ0) is 29.5. The van der Waals surface area contributed by atoms with E-state index in [-0.39, 0.29) is 17.9 Å². The van der Waals surface area contributed by atoms with Crippen molar-refractivity contribution in [2.45, 2.75) is 52.5 Å². The summed E-state index contributed by atoms with van der Waals surface area (Å²) in [6.45, 7) is 16.7. The lowest BCUT2D eigenvalue weighted by Crippen LogP contribution is -2.44. The number of benzene rings is 2. The van der Waals surface area contributed by atoms with E-state index < -0.39 is 0 Å². The highest BCUT2D eigenvalue weighted by molar-refractivity contribution is 6.04. The number of amides is 2. The Hall–Kier alpha value is -4.66. The standard InChI is InChI=1S/C32H38N6O3/c1-7-27(29-30(33-6)36-37-31(29)34-24-12-10-16-38(19-24)28(39)8-2)41-25-13-9-11-22(18-25)32(40)35-23-14-15-26(20(3)4)21(5)17-23/h7-9,11,13-15,17-18,20,24H,2,6,10,12,16,19H2,1,3-5H3,(H,35,40)(H2,34,36,37)/b27-7+/t24-/m1/s1. The Morgan fingerprint density at radius 2 is 2.05 bits per heavy atom. The summed E-state index contributed by atoms with van der Waals surface area (Å²) in [5.74, 6) is 2.08. The van der Waals surface area contributed by atoms with Crippen molar-refractivity contribution in [1.29, 1.82) is 0 Å². The highest BCUT2D eigenvalue weighted by Gasteiger charge is 2.26. The number of aliphatic imine (C=N–C) groups is 1. The molecule has 1 saturated heterocycles. The minimum atomic E-state index is -0.232. The Balaban J connectivity index is 1.51. The van der Waals surface area contributed by atoms with Crippen molar-refractivity contribution < 1.29 is 14.3 Å². The smallest absolute Gasteiger partial charge is 0.255 e. The second kappa shape index (κ2) is 13.1. The molecule has 2 aromatic carbocycles. The third-order valence-electron chi connectivity index (χ3n) is 7.14. The van der Waals surface area contributed by atoms with E-state index in [0.29, 0.717) is 53.3 Å². The predicted octanol–water partition coefficient (Wildman–Crippen LogP) is 6.45. The average Bonchev–Trinajstić information content (AvgIpc) is 3.37. The molecule has 0 spiro atoms. The first-order chi connectivity index (χ1) is 19.7. The molecular weight excluding hydrogens is 516 g/mol. The number of nitrogens with zero attached hydrogens (tertiary/aromatic N) is 3. The Morgan fingerprint density at radius 1 is 1.24 bits per heavy atom. The Kier molecular flexibility index (Phi) is 9.39. The van der Waals surface area contributed by atoms with Crippen LogP contribution in [0.1, 0.15) is 66.6 Å². The third kappa shape index (κ3) is 6.92. The first-order valence-electron chi connectivity index (χ1n) is 13.8. The molecule has 1 atom stereocenters. The molecule has 0 saturated carbocycles. The normalized spacial score (nSPS) is 15.4. The van der Waals surface area contributed by atoms with E-state index >= 15 is 0 Å². The number of H-pyrrole nitrogens is 1. The van der Waals surface area contributed by atoms with Crippen molar-refractivity contribution in [1.82, 2.24) is 15.1 Å². The van der Waals surface area contributed by atoms with Gasteiger partial charge in [0.1, 0.15) is 22.9 Å². The second-order valence-corrected chi connectivity index (χ2v) is 10.4. The topological polar surface area (TPSA) is 112 Å². The average molecular weight is 555 g/mol. The SMILES string of the molecule is C=CC(=O)N1CCC[C@@H](Nc2[nH]nc(N=C)c2/C(=C\C)Oc2cccc(C(=O)Nc3ccc(C(C)C)c(C)c3)c2)C1. The van der Waals surface area contributed by atoms with Crippen molar-refractivity contribution in [3.8, 4) is 5.75 Å². The maximum absolute atomic E-state index is 13.1. The van der Waals surface area contributed by atoms with E-state index in [1.54, 1.807) is 29.2 Å². The number of aromatic amines is 1. The lowest BCUT2D eigenvalue weighted by Gasteiger charge is -2.32. The van der Waals surface area contributed by atoms with Crippen LogP contribution in [0.15, 0.2) is 66.2 Å². The van der Waals surface area contributed by atoms with Crippen molar-refractivity contribution in [2.75, 3.05) is 23.7 Å². The van der Waals surface area contributed by atoms with E-state index in [4.69, 9.17) is 4.74 Å². The largest absolute Gasteiger partial charge is 0.457 e. The van der Waals surface area contributed by atoms with Crippen LogP contribution in [-0.2, 0) is 4.79 Å². The minimum absolute atomic E-state index is 0.00730. The summed E-state index contributed by atoms with van der Waals surface area (Å²) in [4.78, 5) is 31.1. The van der Waals surface area contributed by atoms with Crippen LogP contribution in [-0.4, -0.2) is 52.8 Å². The number of rotatable bonds is 10. The number of hydrogen-bond donors (Lipinski definition) is 3. The van der Waals surface area contributed by atoms with E-state index in [1.807, 2.05) is 25.1 Å². The van der Waals surface area contributed by atoms with Crippen LogP contribution in [0.2, 0.25) is 0 Å². The summed E-state index contributed by atoms with van der Waals surface area (Å²) in [5, 5.41) is 13.8. The van der Waals surface area contributed by atoms with Crippen LogP contribution in [0.4, 0.5) is 17.3 Å². The van der Waals surface area contributed by atoms with Gasteiger partial charge in [-0.25, -0.2) is 4.99 Å². The van der Waals surface area contributed by atoms with Crippen molar-refractivity contribution in [3.63, 3.8) is 0 Å². The fourth-order valence-corrected chi connectivity index (χ4v) is 5.10. The molecule has 1 fully saturated rings. The number of aryl methyl sites for hydroxylation is 1. The number of carbonyl (C=O) groups is 2. The van der Waals surface area contributed by atoms with E-state index in [0.717, 1.165) is 24.1 Å². The zero-order valence-electron chi connectivity index (χ0n) is 24.2. The number of anilines is 2. The van der Waals surface area contributed by atoms with Gasteiger partial charge >= 0.3 is 0 Å². The van der Waals surface area contributed by atoms with Gasteiger partial charge in [-0.2, -0.15) is 5.10 Å². The van der Waals surface area contributed by atoms with E-state index in [2.05, 4.69) is 66.0 Å². The number of aromatic nitrogens is 2.